The zero-order chi connectivity index (χ0) is 12.3. The van der Waals surface area contributed by atoms with Crippen molar-refractivity contribution in [2.24, 2.45) is 0 Å². The molecule has 0 aromatic carbocycles. The monoisotopic (exact) mass is 283 g/mol. The first kappa shape index (κ1) is 16.5. The zero-order valence-corrected chi connectivity index (χ0v) is 13.5. The molecule has 0 bridgehead atoms. The molecule has 1 aliphatic carbocycles. The summed E-state index contributed by atoms with van der Waals surface area (Å²) in [7, 11) is 0. The van der Waals surface area contributed by atoms with Crippen LogP contribution in [0, 0.1) is 0 Å². The Morgan fingerprint density at radius 3 is 2.39 bits per heavy atom. The van der Waals surface area contributed by atoms with Gasteiger partial charge in [-0.1, -0.05) is 11.9 Å². The van der Waals surface area contributed by atoms with Crippen LogP contribution in [0.25, 0.3) is 0 Å². The molecule has 1 fully saturated rings. The van der Waals surface area contributed by atoms with Gasteiger partial charge in [-0.2, -0.15) is 0 Å². The van der Waals surface area contributed by atoms with Crippen LogP contribution in [0.3, 0.4) is 0 Å². The van der Waals surface area contributed by atoms with E-state index in [2.05, 4.69) is 4.98 Å². The summed E-state index contributed by atoms with van der Waals surface area (Å²) in [6.45, 7) is -5.00. The summed E-state index contributed by atoms with van der Waals surface area (Å²) in [5.41, 5.74) is -0.696. The minimum atomic E-state index is -5.00. The number of hydrogen-bond donors (Lipinski definition) is 0. The minimum Gasteiger partial charge on any atom is -0.489 e. The van der Waals surface area contributed by atoms with Gasteiger partial charge in [0.1, 0.15) is 5.75 Å². The normalized spacial score (nSPS) is 17.1. The summed E-state index contributed by atoms with van der Waals surface area (Å²) in [6.07, 6.45) is 7.42. The van der Waals surface area contributed by atoms with Gasteiger partial charge in [-0.3, -0.25) is 4.98 Å². The molecule has 2 rings (SSSR count). The Morgan fingerprint density at radius 2 is 1.78 bits per heavy atom. The van der Waals surface area contributed by atoms with Crippen LogP contribution in [0.2, 0.25) is 0 Å². The summed E-state index contributed by atoms with van der Waals surface area (Å²) < 4.78 is 43.1. The van der Waals surface area contributed by atoms with Crippen LogP contribution in [0.1, 0.15) is 32.1 Å². The van der Waals surface area contributed by atoms with E-state index in [1.807, 2.05) is 0 Å². The average molecular weight is 283 g/mol. The Morgan fingerprint density at radius 1 is 1.11 bits per heavy atom. The number of hydrogen-bond acceptors (Lipinski definition) is 2. The fourth-order valence-corrected chi connectivity index (χ4v) is 2.05. The van der Waals surface area contributed by atoms with Gasteiger partial charge in [0, 0.05) is 6.20 Å². The van der Waals surface area contributed by atoms with Gasteiger partial charge in [0.05, 0.1) is 12.3 Å². The summed E-state index contributed by atoms with van der Waals surface area (Å²) in [4.78, 5) is 3.59. The second kappa shape index (κ2) is 7.28. The van der Waals surface area contributed by atoms with Gasteiger partial charge in [0.15, 0.2) is 0 Å². The van der Waals surface area contributed by atoms with E-state index in [-0.39, 0.29) is 63.2 Å². The molecule has 1 aromatic rings. The van der Waals surface area contributed by atoms with Crippen LogP contribution in [0.5, 0.6) is 5.75 Å². The molecule has 0 saturated heterocycles. The molecule has 0 atom stereocenters. The summed E-state index contributed by atoms with van der Waals surface area (Å²) in [6, 6.07) is 1.04. The van der Waals surface area contributed by atoms with Crippen LogP contribution in [-0.2, 0) is 0 Å². The Balaban J connectivity index is 0.00000162. The smallest absolute Gasteiger partial charge is 0.489 e. The first-order valence-electron chi connectivity index (χ1n) is 5.87. The van der Waals surface area contributed by atoms with Crippen molar-refractivity contribution in [1.29, 1.82) is 0 Å². The average Bonchev–Trinajstić information content (AvgIpc) is 2.29. The molecular formula is C11H14BF3KNO. The van der Waals surface area contributed by atoms with Crippen molar-refractivity contribution in [3.05, 3.63) is 18.5 Å². The van der Waals surface area contributed by atoms with Crippen LogP contribution in [-0.4, -0.2) is 18.1 Å². The fourth-order valence-electron chi connectivity index (χ4n) is 2.05. The zero-order valence-electron chi connectivity index (χ0n) is 10.4. The Hall–Kier alpha value is 0.441. The third-order valence-electron chi connectivity index (χ3n) is 2.97. The third kappa shape index (κ3) is 4.85. The molecule has 0 N–H and O–H groups in total. The maximum atomic E-state index is 12.5. The molecule has 0 unspecified atom stereocenters. The van der Waals surface area contributed by atoms with Gasteiger partial charge in [0.25, 0.3) is 0 Å². The summed E-state index contributed by atoms with van der Waals surface area (Å²) >= 11 is 0. The molecule has 94 valence electrons. The van der Waals surface area contributed by atoms with Crippen LogP contribution in [0.4, 0.5) is 12.9 Å². The second-order valence-corrected chi connectivity index (χ2v) is 4.41. The topological polar surface area (TPSA) is 22.1 Å². The molecule has 0 spiro atoms. The van der Waals surface area contributed by atoms with E-state index < -0.39 is 12.4 Å². The quantitative estimate of drug-likeness (QED) is 0.720. The molecule has 1 aromatic heterocycles. The molecule has 7 heteroatoms. The van der Waals surface area contributed by atoms with Crippen molar-refractivity contribution in [2.75, 3.05) is 0 Å². The van der Waals surface area contributed by atoms with Crippen molar-refractivity contribution in [3.63, 3.8) is 0 Å². The first-order valence-corrected chi connectivity index (χ1v) is 5.87. The fraction of sp³-hybridized carbons (Fsp3) is 0.545. The van der Waals surface area contributed by atoms with Gasteiger partial charge < -0.3 is 17.7 Å². The van der Waals surface area contributed by atoms with Gasteiger partial charge in [-0.05, 0) is 31.7 Å². The SMILES string of the molecule is F[B-](F)(F)c1cncc(OC2CCCCC2)c1.[K+]. The number of nitrogens with zero attached hydrogens (tertiary/aromatic N) is 1. The maximum absolute atomic E-state index is 12.5. The van der Waals surface area contributed by atoms with Crippen molar-refractivity contribution >= 4 is 12.4 Å². The second-order valence-electron chi connectivity index (χ2n) is 4.41. The predicted octanol–water partition coefficient (Wildman–Crippen LogP) is -0.149. The number of aromatic nitrogens is 1. The summed E-state index contributed by atoms with van der Waals surface area (Å²) in [5.74, 6) is 0.230. The van der Waals surface area contributed by atoms with E-state index in [0.717, 1.165) is 37.9 Å². The molecule has 2 nitrogen and oxygen atoms in total. The molecule has 0 radical (unpaired) electrons. The van der Waals surface area contributed by atoms with Crippen LogP contribution in [0.15, 0.2) is 18.5 Å². The Labute approximate surface area is 147 Å². The van der Waals surface area contributed by atoms with Crippen LogP contribution >= 0.6 is 0 Å². The van der Waals surface area contributed by atoms with E-state index >= 15 is 0 Å². The largest absolute Gasteiger partial charge is 1.00 e. The van der Waals surface area contributed by atoms with E-state index in [9.17, 15) is 12.9 Å². The van der Waals surface area contributed by atoms with Gasteiger partial charge >= 0.3 is 58.4 Å². The van der Waals surface area contributed by atoms with E-state index in [0.29, 0.717) is 0 Å². The van der Waals surface area contributed by atoms with Gasteiger partial charge in [0.2, 0.25) is 0 Å². The van der Waals surface area contributed by atoms with E-state index in [1.54, 1.807) is 0 Å². The third-order valence-corrected chi connectivity index (χ3v) is 2.97. The molecule has 18 heavy (non-hydrogen) atoms. The predicted molar refractivity (Wildman–Crippen MR) is 60.5 cm³/mol. The number of rotatable bonds is 3. The molecule has 0 aliphatic heterocycles. The van der Waals surface area contributed by atoms with Crippen molar-refractivity contribution in [1.82, 2.24) is 4.98 Å². The minimum absolute atomic E-state index is 0. The van der Waals surface area contributed by atoms with E-state index in [4.69, 9.17) is 4.74 Å². The first-order chi connectivity index (χ1) is 8.05. The van der Waals surface area contributed by atoms with Crippen molar-refractivity contribution in [3.8, 4) is 5.75 Å². The van der Waals surface area contributed by atoms with Crippen LogP contribution < -0.4 is 61.6 Å². The standard InChI is InChI=1S/C11H14BF3NO.K/c13-12(14,15)9-6-11(8-16-7-9)17-10-4-2-1-3-5-10;/h6-8,10H,1-5H2;/q-1;+1. The van der Waals surface area contributed by atoms with Crippen molar-refractivity contribution in [2.45, 2.75) is 38.2 Å². The molecule has 1 aliphatic rings. The Kier molecular flexibility index (Phi) is 6.68. The van der Waals surface area contributed by atoms with Gasteiger partial charge in [-0.15, -0.1) is 0 Å². The van der Waals surface area contributed by atoms with E-state index in [1.165, 1.54) is 12.6 Å². The van der Waals surface area contributed by atoms with Gasteiger partial charge in [-0.25, -0.2) is 0 Å². The molecular weight excluding hydrogens is 269 g/mol. The summed E-state index contributed by atoms with van der Waals surface area (Å²) in [5, 5.41) is 0. The molecule has 1 heterocycles. The molecule has 1 saturated carbocycles. The molecule has 0 amide bonds. The van der Waals surface area contributed by atoms with Crippen molar-refractivity contribution < 1.29 is 69.1 Å². The number of halogens is 3. The maximum Gasteiger partial charge on any atom is 1.00 e. The number of pyridine rings is 1. The number of ether oxygens (including phenoxy) is 1. The Bertz CT molecular complexity index is 383.